The standard InChI is InChI=1S/C10H21NO5S2/c1-17(12,13)8-9(4-7-11)10(18(14,15)16)5-2-3-6-10/h9H,2-8,11H2,1H3,(H,14,15,16)/t9-/m0/s1. The molecular weight excluding hydrogens is 278 g/mol. The average molecular weight is 299 g/mol. The van der Waals surface area contributed by atoms with Crippen molar-refractivity contribution in [3.8, 4) is 0 Å². The van der Waals surface area contributed by atoms with Crippen molar-refractivity contribution >= 4 is 20.0 Å². The molecule has 0 radical (unpaired) electrons. The normalized spacial score (nSPS) is 21.9. The van der Waals surface area contributed by atoms with Crippen molar-refractivity contribution in [3.05, 3.63) is 0 Å². The molecule has 1 fully saturated rings. The summed E-state index contributed by atoms with van der Waals surface area (Å²) < 4.78 is 54.4. The summed E-state index contributed by atoms with van der Waals surface area (Å²) in [6.45, 7) is 0.206. The van der Waals surface area contributed by atoms with Crippen molar-refractivity contribution < 1.29 is 21.4 Å². The molecule has 0 aromatic rings. The fraction of sp³-hybridized carbons (Fsp3) is 1.00. The third-order valence-electron chi connectivity index (χ3n) is 3.73. The number of nitrogens with two attached hydrogens (primary N) is 1. The second kappa shape index (κ2) is 5.44. The molecule has 8 heteroatoms. The van der Waals surface area contributed by atoms with E-state index in [4.69, 9.17) is 5.73 Å². The van der Waals surface area contributed by atoms with Crippen LogP contribution in [0.1, 0.15) is 32.1 Å². The van der Waals surface area contributed by atoms with Crippen LogP contribution in [0.2, 0.25) is 0 Å². The molecule has 1 atom stereocenters. The van der Waals surface area contributed by atoms with Crippen molar-refractivity contribution in [2.24, 2.45) is 11.7 Å². The maximum Gasteiger partial charge on any atom is 0.270 e. The van der Waals surface area contributed by atoms with Gasteiger partial charge in [-0.2, -0.15) is 8.42 Å². The Morgan fingerprint density at radius 3 is 2.06 bits per heavy atom. The van der Waals surface area contributed by atoms with Gasteiger partial charge in [0.15, 0.2) is 0 Å². The van der Waals surface area contributed by atoms with E-state index in [2.05, 4.69) is 0 Å². The van der Waals surface area contributed by atoms with Crippen molar-refractivity contribution in [2.75, 3.05) is 18.6 Å². The highest BCUT2D eigenvalue weighted by atomic mass is 32.2. The second-order valence-corrected chi connectivity index (χ2v) is 9.06. The molecule has 1 saturated carbocycles. The SMILES string of the molecule is CS(=O)(=O)C[C@H](CCN)C1(S(=O)(=O)O)CCCC1. The van der Waals surface area contributed by atoms with Crippen LogP contribution in [-0.2, 0) is 20.0 Å². The monoisotopic (exact) mass is 299 g/mol. The molecule has 6 nitrogen and oxygen atoms in total. The molecule has 0 aromatic heterocycles. The van der Waals surface area contributed by atoms with Gasteiger partial charge in [0.25, 0.3) is 10.1 Å². The van der Waals surface area contributed by atoms with Gasteiger partial charge >= 0.3 is 0 Å². The molecule has 108 valence electrons. The summed E-state index contributed by atoms with van der Waals surface area (Å²) in [6, 6.07) is 0. The topological polar surface area (TPSA) is 115 Å². The predicted molar refractivity (Wildman–Crippen MR) is 69.6 cm³/mol. The maximum absolute atomic E-state index is 11.7. The lowest BCUT2D eigenvalue weighted by Gasteiger charge is -2.34. The Kier molecular flexibility index (Phi) is 4.80. The van der Waals surface area contributed by atoms with Gasteiger partial charge in [-0.25, -0.2) is 8.42 Å². The second-order valence-electron chi connectivity index (χ2n) is 5.11. The Labute approximate surface area is 109 Å². The molecule has 18 heavy (non-hydrogen) atoms. The largest absolute Gasteiger partial charge is 0.330 e. The van der Waals surface area contributed by atoms with Gasteiger partial charge in [-0.15, -0.1) is 0 Å². The van der Waals surface area contributed by atoms with Crippen LogP contribution < -0.4 is 5.73 Å². The molecule has 0 bridgehead atoms. The predicted octanol–water partition coefficient (Wildman–Crippen LogP) is 0.197. The van der Waals surface area contributed by atoms with Gasteiger partial charge < -0.3 is 5.73 Å². The first-order chi connectivity index (χ1) is 8.12. The molecule has 0 spiro atoms. The first kappa shape index (κ1) is 15.9. The molecule has 1 rings (SSSR count). The van der Waals surface area contributed by atoms with E-state index >= 15 is 0 Å². The van der Waals surface area contributed by atoms with E-state index in [0.717, 1.165) is 6.26 Å². The summed E-state index contributed by atoms with van der Waals surface area (Å²) >= 11 is 0. The zero-order valence-electron chi connectivity index (χ0n) is 10.5. The zero-order chi connectivity index (χ0) is 14.0. The van der Waals surface area contributed by atoms with E-state index in [1.54, 1.807) is 0 Å². The van der Waals surface area contributed by atoms with Crippen LogP contribution in [0.15, 0.2) is 0 Å². The molecule has 1 aliphatic rings. The van der Waals surface area contributed by atoms with Crippen molar-refractivity contribution in [3.63, 3.8) is 0 Å². The van der Waals surface area contributed by atoms with Crippen LogP contribution >= 0.6 is 0 Å². The smallest absolute Gasteiger partial charge is 0.270 e. The molecule has 0 unspecified atom stereocenters. The molecule has 0 aliphatic heterocycles. The first-order valence-corrected chi connectivity index (χ1v) is 9.47. The van der Waals surface area contributed by atoms with E-state index in [1.807, 2.05) is 0 Å². The molecule has 0 heterocycles. The molecular formula is C10H21NO5S2. The van der Waals surface area contributed by atoms with Gasteiger partial charge in [-0.3, -0.25) is 4.55 Å². The minimum absolute atomic E-state index is 0.206. The highest BCUT2D eigenvalue weighted by molar-refractivity contribution is 7.90. The Hall–Kier alpha value is -0.180. The minimum atomic E-state index is -4.28. The van der Waals surface area contributed by atoms with Crippen LogP contribution in [-0.4, -0.2) is 44.7 Å². The molecule has 3 N–H and O–H groups in total. The van der Waals surface area contributed by atoms with Gasteiger partial charge in [0.2, 0.25) is 0 Å². The summed E-state index contributed by atoms with van der Waals surface area (Å²) in [5.41, 5.74) is 5.45. The van der Waals surface area contributed by atoms with Crippen LogP contribution in [0.25, 0.3) is 0 Å². The minimum Gasteiger partial charge on any atom is -0.330 e. The van der Waals surface area contributed by atoms with Crippen LogP contribution in [0, 0.1) is 5.92 Å². The van der Waals surface area contributed by atoms with E-state index < -0.39 is 30.6 Å². The van der Waals surface area contributed by atoms with Crippen LogP contribution in [0.4, 0.5) is 0 Å². The van der Waals surface area contributed by atoms with Gasteiger partial charge in [-0.05, 0) is 31.7 Å². The number of hydrogen-bond acceptors (Lipinski definition) is 5. The lowest BCUT2D eigenvalue weighted by Crippen LogP contribution is -2.46. The summed E-state index contributed by atoms with van der Waals surface area (Å²) in [5.74, 6) is -0.876. The van der Waals surface area contributed by atoms with Crippen molar-refractivity contribution in [2.45, 2.75) is 36.9 Å². The van der Waals surface area contributed by atoms with Crippen LogP contribution in [0.5, 0.6) is 0 Å². The highest BCUT2D eigenvalue weighted by Crippen LogP contribution is 2.44. The Balaban J connectivity index is 3.15. The van der Waals surface area contributed by atoms with Crippen molar-refractivity contribution in [1.82, 2.24) is 0 Å². The number of hydrogen-bond donors (Lipinski definition) is 2. The summed E-state index contributed by atoms with van der Waals surface area (Å²) in [7, 11) is -7.59. The lowest BCUT2D eigenvalue weighted by molar-refractivity contribution is 0.332. The summed E-state index contributed by atoms with van der Waals surface area (Å²) in [5, 5.41) is 0. The fourth-order valence-electron chi connectivity index (χ4n) is 2.92. The average Bonchev–Trinajstić information content (AvgIpc) is 2.63. The van der Waals surface area contributed by atoms with E-state index in [9.17, 15) is 21.4 Å². The van der Waals surface area contributed by atoms with Gasteiger partial charge in [-0.1, -0.05) is 12.8 Å². The quantitative estimate of drug-likeness (QED) is 0.677. The molecule has 1 aliphatic carbocycles. The van der Waals surface area contributed by atoms with Crippen molar-refractivity contribution in [1.29, 1.82) is 0 Å². The lowest BCUT2D eigenvalue weighted by atomic mass is 9.88. The first-order valence-electron chi connectivity index (χ1n) is 5.97. The Bertz CT molecular complexity index is 476. The van der Waals surface area contributed by atoms with E-state index in [0.29, 0.717) is 25.7 Å². The Morgan fingerprint density at radius 2 is 1.72 bits per heavy atom. The fourth-order valence-corrected chi connectivity index (χ4v) is 5.66. The summed E-state index contributed by atoms with van der Waals surface area (Å²) in [6.07, 6.45) is 3.35. The number of rotatable bonds is 6. The van der Waals surface area contributed by atoms with Gasteiger partial charge in [0.05, 0.1) is 5.75 Å². The third-order valence-corrected chi connectivity index (χ3v) is 6.50. The van der Waals surface area contributed by atoms with E-state index in [1.165, 1.54) is 0 Å². The Morgan fingerprint density at radius 1 is 1.22 bits per heavy atom. The maximum atomic E-state index is 11.7. The summed E-state index contributed by atoms with van der Waals surface area (Å²) in [4.78, 5) is 0. The molecule has 0 amide bonds. The zero-order valence-corrected chi connectivity index (χ0v) is 12.1. The third kappa shape index (κ3) is 3.43. The van der Waals surface area contributed by atoms with Gasteiger partial charge in [0, 0.05) is 6.26 Å². The molecule has 0 aromatic carbocycles. The highest BCUT2D eigenvalue weighted by Gasteiger charge is 2.51. The van der Waals surface area contributed by atoms with E-state index in [-0.39, 0.29) is 18.7 Å². The molecule has 0 saturated heterocycles. The van der Waals surface area contributed by atoms with Gasteiger partial charge in [0.1, 0.15) is 14.6 Å². The number of sulfone groups is 1. The van der Waals surface area contributed by atoms with Crippen LogP contribution in [0.3, 0.4) is 0 Å².